The molecule has 0 radical (unpaired) electrons. The fourth-order valence-corrected chi connectivity index (χ4v) is 5.84. The van der Waals surface area contributed by atoms with E-state index < -0.39 is 0 Å². The zero-order valence-corrected chi connectivity index (χ0v) is 20.4. The number of carbonyl (C=O) groups excluding carboxylic acids is 1. The molecule has 1 unspecified atom stereocenters. The molecule has 32 heavy (non-hydrogen) atoms. The van der Waals surface area contributed by atoms with Crippen molar-refractivity contribution in [3.8, 4) is 0 Å². The van der Waals surface area contributed by atoms with Gasteiger partial charge in [-0.15, -0.1) is 12.4 Å². The third-order valence-electron chi connectivity index (χ3n) is 8.59. The third kappa shape index (κ3) is 4.46. The van der Waals surface area contributed by atoms with Crippen molar-refractivity contribution in [2.24, 2.45) is 16.7 Å². The Bertz CT molecular complexity index is 823. The van der Waals surface area contributed by atoms with E-state index in [2.05, 4.69) is 35.5 Å². The number of fused-ring (bicyclic) bond motifs is 2. The molecule has 2 atom stereocenters. The van der Waals surface area contributed by atoms with E-state index in [1.807, 2.05) is 12.1 Å². The van der Waals surface area contributed by atoms with Crippen LogP contribution < -0.4 is 4.90 Å². The lowest BCUT2D eigenvalue weighted by Crippen LogP contribution is -2.56. The zero-order chi connectivity index (χ0) is 22.2. The van der Waals surface area contributed by atoms with Gasteiger partial charge in [-0.1, -0.05) is 20.8 Å². The van der Waals surface area contributed by atoms with Crippen LogP contribution in [-0.2, 0) is 4.79 Å². The molecule has 2 bridgehead atoms. The van der Waals surface area contributed by atoms with Gasteiger partial charge in [0.25, 0.3) is 5.69 Å². The maximum Gasteiger partial charge on any atom is 0.269 e. The van der Waals surface area contributed by atoms with Gasteiger partial charge in [-0.05, 0) is 55.7 Å². The van der Waals surface area contributed by atoms with Crippen molar-refractivity contribution in [2.45, 2.75) is 46.5 Å². The Morgan fingerprint density at radius 1 is 1.03 bits per heavy atom. The van der Waals surface area contributed by atoms with E-state index in [0.29, 0.717) is 11.8 Å². The molecule has 1 aromatic carbocycles. The number of rotatable bonds is 7. The average Bonchev–Trinajstić information content (AvgIpc) is 2.90. The summed E-state index contributed by atoms with van der Waals surface area (Å²) in [6, 6.07) is 6.85. The number of likely N-dealkylation sites (tertiary alicyclic amines) is 1. The Morgan fingerprint density at radius 2 is 1.66 bits per heavy atom. The van der Waals surface area contributed by atoms with Crippen LogP contribution in [0.15, 0.2) is 24.3 Å². The Morgan fingerprint density at radius 3 is 2.28 bits per heavy atom. The van der Waals surface area contributed by atoms with Crippen LogP contribution in [0.4, 0.5) is 11.4 Å². The molecule has 1 amide bonds. The number of carbonyl (C=O) groups is 1. The predicted molar refractivity (Wildman–Crippen MR) is 129 cm³/mol. The minimum absolute atomic E-state index is 0. The number of unbranched alkanes of at least 4 members (excludes halogenated alkanes) is 1. The summed E-state index contributed by atoms with van der Waals surface area (Å²) < 4.78 is 0. The van der Waals surface area contributed by atoms with Crippen molar-refractivity contribution in [3.63, 3.8) is 0 Å². The van der Waals surface area contributed by atoms with Gasteiger partial charge in [0.15, 0.2) is 0 Å². The van der Waals surface area contributed by atoms with Gasteiger partial charge >= 0.3 is 0 Å². The Kier molecular flexibility index (Phi) is 7.40. The molecule has 0 aromatic heterocycles. The first kappa shape index (κ1) is 24.8. The molecule has 3 fully saturated rings. The van der Waals surface area contributed by atoms with Crippen molar-refractivity contribution in [2.75, 3.05) is 50.7 Å². The van der Waals surface area contributed by atoms with Crippen molar-refractivity contribution in [1.29, 1.82) is 0 Å². The molecule has 2 aliphatic heterocycles. The summed E-state index contributed by atoms with van der Waals surface area (Å²) >= 11 is 0. The van der Waals surface area contributed by atoms with Crippen LogP contribution in [0.2, 0.25) is 0 Å². The highest BCUT2D eigenvalue weighted by Gasteiger charge is 2.60. The first-order valence-electron chi connectivity index (χ1n) is 11.7. The number of halogens is 1. The highest BCUT2D eigenvalue weighted by molar-refractivity contribution is 5.85. The van der Waals surface area contributed by atoms with E-state index in [9.17, 15) is 14.9 Å². The monoisotopic (exact) mass is 464 g/mol. The molecule has 1 saturated carbocycles. The van der Waals surface area contributed by atoms with E-state index in [4.69, 9.17) is 0 Å². The molecular formula is C24H37ClN4O3. The maximum atomic E-state index is 13.1. The summed E-state index contributed by atoms with van der Waals surface area (Å²) in [5, 5.41) is 10.8. The number of piperazine rings is 1. The predicted octanol–water partition coefficient (Wildman–Crippen LogP) is 4.20. The molecule has 2 heterocycles. The van der Waals surface area contributed by atoms with Crippen LogP contribution >= 0.6 is 12.4 Å². The van der Waals surface area contributed by atoms with Gasteiger partial charge in [0.1, 0.15) is 0 Å². The van der Waals surface area contributed by atoms with Crippen LogP contribution in [0.5, 0.6) is 0 Å². The summed E-state index contributed by atoms with van der Waals surface area (Å²) in [7, 11) is 0. The van der Waals surface area contributed by atoms with Gasteiger partial charge in [0, 0.05) is 57.1 Å². The van der Waals surface area contributed by atoms with Gasteiger partial charge in [-0.25, -0.2) is 0 Å². The van der Waals surface area contributed by atoms with Gasteiger partial charge in [-0.3, -0.25) is 19.8 Å². The summed E-state index contributed by atoms with van der Waals surface area (Å²) in [5.41, 5.74) is 1.15. The van der Waals surface area contributed by atoms with Crippen LogP contribution in [0.1, 0.15) is 46.5 Å². The highest BCUT2D eigenvalue weighted by atomic mass is 35.5. The number of nitro benzene ring substituents is 1. The average molecular weight is 465 g/mol. The first-order valence-corrected chi connectivity index (χ1v) is 11.7. The number of non-ortho nitro benzene ring substituents is 1. The van der Waals surface area contributed by atoms with Crippen LogP contribution in [0.25, 0.3) is 0 Å². The van der Waals surface area contributed by atoms with Gasteiger partial charge in [-0.2, -0.15) is 0 Å². The normalized spacial score (nSPS) is 27.3. The van der Waals surface area contributed by atoms with E-state index in [1.165, 1.54) is 6.42 Å². The fraction of sp³-hybridized carbons (Fsp3) is 0.708. The van der Waals surface area contributed by atoms with E-state index >= 15 is 0 Å². The molecular weight excluding hydrogens is 428 g/mol. The lowest BCUT2D eigenvalue weighted by Gasteiger charge is -2.49. The summed E-state index contributed by atoms with van der Waals surface area (Å²) in [4.78, 5) is 30.5. The Hall–Kier alpha value is -1.86. The van der Waals surface area contributed by atoms with Crippen LogP contribution in [0.3, 0.4) is 0 Å². The molecule has 2 saturated heterocycles. The van der Waals surface area contributed by atoms with E-state index in [-0.39, 0.29) is 33.8 Å². The molecule has 3 aliphatic rings. The maximum absolute atomic E-state index is 13.1. The van der Waals surface area contributed by atoms with Crippen LogP contribution in [0, 0.1) is 26.9 Å². The number of hydrogen-bond donors (Lipinski definition) is 0. The van der Waals surface area contributed by atoms with Gasteiger partial charge in [0.2, 0.25) is 5.91 Å². The number of nitro groups is 1. The standard InChI is InChI=1S/C24H36N4O3.ClH/c1-23(2)19-10-11-24(23,3)22(29)27(18-19)13-5-4-12-25-14-16-26(17-15-25)20-6-8-21(9-7-20)28(30)31;/h6-9,19H,4-5,10-18H2,1-3H3;1H/t19?,24-;/m0./s1. The summed E-state index contributed by atoms with van der Waals surface area (Å²) in [5.74, 6) is 1.02. The number of anilines is 1. The minimum Gasteiger partial charge on any atom is -0.369 e. The number of nitrogens with zero attached hydrogens (tertiary/aromatic N) is 4. The van der Waals surface area contributed by atoms with E-state index in [1.54, 1.807) is 12.1 Å². The zero-order valence-electron chi connectivity index (χ0n) is 19.6. The van der Waals surface area contributed by atoms with Crippen LogP contribution in [-0.4, -0.2) is 66.4 Å². The van der Waals surface area contributed by atoms with Crippen molar-refractivity contribution < 1.29 is 9.72 Å². The largest absolute Gasteiger partial charge is 0.369 e. The van der Waals surface area contributed by atoms with Crippen molar-refractivity contribution in [3.05, 3.63) is 34.4 Å². The second-order valence-electron chi connectivity index (χ2n) is 10.3. The second kappa shape index (κ2) is 9.56. The minimum atomic E-state index is -0.356. The Balaban J connectivity index is 0.00000289. The fourth-order valence-electron chi connectivity index (χ4n) is 5.84. The summed E-state index contributed by atoms with van der Waals surface area (Å²) in [6.07, 6.45) is 4.41. The number of hydrogen-bond acceptors (Lipinski definition) is 5. The topological polar surface area (TPSA) is 69.9 Å². The molecule has 1 aliphatic carbocycles. The molecule has 8 heteroatoms. The number of piperidine rings is 1. The molecule has 7 nitrogen and oxygen atoms in total. The van der Waals surface area contributed by atoms with Crippen molar-refractivity contribution in [1.82, 2.24) is 9.80 Å². The SMILES string of the molecule is CC1(C)C2CC[C@@]1(C)C(=O)N(CCCCN1CCN(c3ccc([N+](=O)[O-])cc3)CC1)C2.Cl. The Labute approximate surface area is 197 Å². The molecule has 4 rings (SSSR count). The van der Waals surface area contributed by atoms with E-state index in [0.717, 1.165) is 70.8 Å². The second-order valence-corrected chi connectivity index (χ2v) is 10.3. The quantitative estimate of drug-likeness (QED) is 0.343. The smallest absolute Gasteiger partial charge is 0.269 e. The summed E-state index contributed by atoms with van der Waals surface area (Å²) in [6.45, 7) is 13.6. The lowest BCUT2D eigenvalue weighted by atomic mass is 9.62. The molecule has 0 spiro atoms. The van der Waals surface area contributed by atoms with Gasteiger partial charge < -0.3 is 9.80 Å². The van der Waals surface area contributed by atoms with Gasteiger partial charge in [0.05, 0.1) is 10.3 Å². The third-order valence-corrected chi connectivity index (χ3v) is 8.59. The molecule has 1 aromatic rings. The highest BCUT2D eigenvalue weighted by Crippen LogP contribution is 2.59. The van der Waals surface area contributed by atoms with Crippen molar-refractivity contribution >= 4 is 29.7 Å². The number of amides is 1. The lowest BCUT2D eigenvalue weighted by molar-refractivity contribution is -0.384. The molecule has 178 valence electrons. The number of benzene rings is 1. The molecule has 0 N–H and O–H groups in total. The first-order chi connectivity index (χ1) is 14.7.